The number of nitrogens with zero attached hydrogens (tertiary/aromatic N) is 3. The SMILES string of the molecule is O=C(O)c1ccc(CCC[C@@H]2[C@@H](C=C=Cc3ccccc3)[C@H](O)C[C@H]2Cl)s1.Oc1cccc(CCC[C@@H]2[C@@H](CCCc3ccc(-c4nn[nH]n4)s3)[C@H](Cl)C[C@H]2O)c1. The minimum absolute atomic E-state index is 0.00498. The van der Waals surface area contributed by atoms with E-state index >= 15 is 0 Å². The maximum Gasteiger partial charge on any atom is 0.345 e. The number of hydrogen-bond acceptors (Lipinski definition) is 9. The molecule has 5 N–H and O–H groups in total. The van der Waals surface area contributed by atoms with Gasteiger partial charge in [0.15, 0.2) is 0 Å². The van der Waals surface area contributed by atoms with E-state index in [1.54, 1.807) is 23.5 Å². The molecule has 0 aliphatic heterocycles. The van der Waals surface area contributed by atoms with Crippen LogP contribution in [0.2, 0.25) is 0 Å². The van der Waals surface area contributed by atoms with Crippen LogP contribution >= 0.6 is 45.9 Å². The number of nitrogens with one attached hydrogen (secondary N) is 1. The summed E-state index contributed by atoms with van der Waals surface area (Å²) in [5.74, 6) is 0.885. The number of aromatic hydroxyl groups is 1. The average Bonchev–Trinajstić information content (AvgIpc) is 4.04. The molecule has 8 atom stereocenters. The molecule has 2 aliphatic rings. The van der Waals surface area contributed by atoms with E-state index in [2.05, 4.69) is 32.4 Å². The Balaban J connectivity index is 0.000000194. The van der Waals surface area contributed by atoms with Crippen molar-refractivity contribution in [1.82, 2.24) is 20.6 Å². The zero-order valence-electron chi connectivity index (χ0n) is 31.7. The first kappa shape index (κ1) is 42.8. The molecule has 57 heavy (non-hydrogen) atoms. The van der Waals surface area contributed by atoms with Crippen LogP contribution in [0.5, 0.6) is 5.75 Å². The topological polar surface area (TPSA) is 152 Å². The molecule has 2 aromatic carbocycles. The Morgan fingerprint density at radius 1 is 0.807 bits per heavy atom. The number of tetrazole rings is 1. The number of benzene rings is 2. The molecule has 2 fully saturated rings. The van der Waals surface area contributed by atoms with Crippen molar-refractivity contribution in [1.29, 1.82) is 0 Å². The van der Waals surface area contributed by atoms with Crippen LogP contribution in [-0.4, -0.2) is 70.0 Å². The fourth-order valence-electron chi connectivity index (χ4n) is 8.24. The molecule has 3 heterocycles. The largest absolute Gasteiger partial charge is 0.508 e. The van der Waals surface area contributed by atoms with Crippen LogP contribution in [0.1, 0.15) is 81.9 Å². The molecular weight excluding hydrogens is 800 g/mol. The lowest BCUT2D eigenvalue weighted by Crippen LogP contribution is -2.21. The van der Waals surface area contributed by atoms with Gasteiger partial charge in [0.05, 0.1) is 17.1 Å². The second kappa shape index (κ2) is 21.3. The van der Waals surface area contributed by atoms with E-state index < -0.39 is 12.1 Å². The molecule has 5 aromatic rings. The van der Waals surface area contributed by atoms with E-state index in [4.69, 9.17) is 28.3 Å². The van der Waals surface area contributed by atoms with Crippen LogP contribution in [0.3, 0.4) is 0 Å². The van der Waals surface area contributed by atoms with Crippen LogP contribution in [0.15, 0.2) is 90.7 Å². The summed E-state index contributed by atoms with van der Waals surface area (Å²) < 4.78 is 0. The van der Waals surface area contributed by atoms with E-state index in [1.807, 2.05) is 72.8 Å². The number of aliphatic hydroxyl groups excluding tert-OH is 2. The zero-order chi connectivity index (χ0) is 40.1. The van der Waals surface area contributed by atoms with Crippen LogP contribution in [0.25, 0.3) is 16.8 Å². The minimum Gasteiger partial charge on any atom is -0.508 e. The first-order valence-electron chi connectivity index (χ1n) is 19.7. The summed E-state index contributed by atoms with van der Waals surface area (Å²) in [7, 11) is 0. The predicted molar refractivity (Wildman–Crippen MR) is 229 cm³/mol. The molecular formula is C44H50Cl2N4O5S2. The number of phenols is 1. The number of halogens is 2. The van der Waals surface area contributed by atoms with Gasteiger partial charge in [0.1, 0.15) is 10.6 Å². The highest BCUT2D eigenvalue weighted by Gasteiger charge is 2.41. The summed E-state index contributed by atoms with van der Waals surface area (Å²) in [6.45, 7) is 0. The predicted octanol–water partition coefficient (Wildman–Crippen LogP) is 9.83. The highest BCUT2D eigenvalue weighted by molar-refractivity contribution is 7.15. The van der Waals surface area contributed by atoms with Crippen molar-refractivity contribution < 1.29 is 25.2 Å². The number of alkyl halides is 2. The third kappa shape index (κ3) is 12.4. The van der Waals surface area contributed by atoms with Crippen molar-refractivity contribution in [2.24, 2.45) is 23.7 Å². The smallest absolute Gasteiger partial charge is 0.345 e. The Hall–Kier alpha value is -3.80. The summed E-state index contributed by atoms with van der Waals surface area (Å²) in [6.07, 6.45) is 13.0. The van der Waals surface area contributed by atoms with Gasteiger partial charge >= 0.3 is 5.97 Å². The Bertz CT molecular complexity index is 2050. The van der Waals surface area contributed by atoms with Gasteiger partial charge in [0.2, 0.25) is 5.82 Å². The van der Waals surface area contributed by atoms with Crippen molar-refractivity contribution in [3.05, 3.63) is 116 Å². The summed E-state index contributed by atoms with van der Waals surface area (Å²) in [6, 6.07) is 25.1. The van der Waals surface area contributed by atoms with Gasteiger partial charge in [0.25, 0.3) is 0 Å². The Labute approximate surface area is 352 Å². The van der Waals surface area contributed by atoms with Gasteiger partial charge in [-0.1, -0.05) is 42.5 Å². The number of aromatic carboxylic acids is 1. The first-order valence-corrected chi connectivity index (χ1v) is 22.2. The van der Waals surface area contributed by atoms with Crippen LogP contribution in [0, 0.1) is 23.7 Å². The van der Waals surface area contributed by atoms with Gasteiger partial charge in [-0.05, 0) is 153 Å². The zero-order valence-corrected chi connectivity index (χ0v) is 34.8. The molecule has 9 nitrogen and oxygen atoms in total. The van der Waals surface area contributed by atoms with E-state index in [0.29, 0.717) is 35.2 Å². The van der Waals surface area contributed by atoms with Gasteiger partial charge < -0.3 is 20.4 Å². The van der Waals surface area contributed by atoms with Crippen molar-refractivity contribution >= 4 is 57.9 Å². The molecule has 2 saturated carbocycles. The van der Waals surface area contributed by atoms with Crippen LogP contribution in [0.4, 0.5) is 0 Å². The quantitative estimate of drug-likeness (QED) is 0.0486. The number of aliphatic hydroxyl groups is 2. The first-order chi connectivity index (χ1) is 27.6. The van der Waals surface area contributed by atoms with E-state index in [9.17, 15) is 20.1 Å². The molecule has 13 heteroatoms. The lowest BCUT2D eigenvalue weighted by molar-refractivity contribution is 0.0702. The summed E-state index contributed by atoms with van der Waals surface area (Å²) in [4.78, 5) is 14.8. The van der Waals surface area contributed by atoms with Crippen molar-refractivity contribution in [2.45, 2.75) is 93.6 Å². The Kier molecular flexibility index (Phi) is 16.0. The lowest BCUT2D eigenvalue weighted by Gasteiger charge is -2.23. The maximum atomic E-state index is 11.0. The molecule has 7 rings (SSSR count). The molecule has 0 unspecified atom stereocenters. The number of aryl methyl sites for hydroxylation is 3. The van der Waals surface area contributed by atoms with E-state index in [1.165, 1.54) is 16.2 Å². The fourth-order valence-corrected chi connectivity index (χ4v) is 11.1. The number of hydrogen-bond donors (Lipinski definition) is 5. The Morgan fingerprint density at radius 3 is 2.21 bits per heavy atom. The number of aromatic nitrogens is 4. The van der Waals surface area contributed by atoms with Gasteiger partial charge in [-0.2, -0.15) is 5.21 Å². The average molecular weight is 850 g/mol. The third-order valence-corrected chi connectivity index (χ3v) is 14.4. The molecule has 0 saturated heterocycles. The number of carboxylic acids is 1. The molecule has 0 spiro atoms. The molecule has 0 amide bonds. The molecule has 0 radical (unpaired) electrons. The number of rotatable bonds is 16. The van der Waals surface area contributed by atoms with Gasteiger partial charge in [-0.15, -0.1) is 61.8 Å². The van der Waals surface area contributed by atoms with Crippen LogP contribution in [-0.2, 0) is 19.3 Å². The maximum absolute atomic E-state index is 11.0. The summed E-state index contributed by atoms with van der Waals surface area (Å²) in [5, 5.41) is 53.7. The number of aromatic amines is 1. The number of phenolic OH excluding ortho intramolecular Hbond substituents is 1. The summed E-state index contributed by atoms with van der Waals surface area (Å²) >= 11 is 16.1. The fraction of sp³-hybridized carbons (Fsp3) is 0.432. The molecule has 2 aliphatic carbocycles. The third-order valence-electron chi connectivity index (χ3n) is 11.1. The van der Waals surface area contributed by atoms with Crippen molar-refractivity contribution in [3.8, 4) is 16.5 Å². The van der Waals surface area contributed by atoms with Crippen molar-refractivity contribution in [2.75, 3.05) is 0 Å². The van der Waals surface area contributed by atoms with Gasteiger partial charge in [0, 0.05) is 26.4 Å². The monoisotopic (exact) mass is 848 g/mol. The number of H-pyrrole nitrogens is 1. The normalized spacial score (nSPS) is 24.1. The molecule has 302 valence electrons. The molecule has 0 bridgehead atoms. The molecule has 3 aromatic heterocycles. The minimum atomic E-state index is -0.874. The highest BCUT2D eigenvalue weighted by atomic mass is 35.5. The Morgan fingerprint density at radius 2 is 1.49 bits per heavy atom. The van der Waals surface area contributed by atoms with Gasteiger partial charge in [-0.25, -0.2) is 4.79 Å². The van der Waals surface area contributed by atoms with E-state index in [-0.39, 0.29) is 34.6 Å². The van der Waals surface area contributed by atoms with Gasteiger partial charge in [-0.3, -0.25) is 0 Å². The van der Waals surface area contributed by atoms with Crippen molar-refractivity contribution in [3.63, 3.8) is 0 Å². The number of carbonyl (C=O) groups is 1. The second-order valence-electron chi connectivity index (χ2n) is 15.0. The second-order valence-corrected chi connectivity index (χ2v) is 18.5. The summed E-state index contributed by atoms with van der Waals surface area (Å²) in [5.41, 5.74) is 5.43. The number of thiophene rings is 2. The van der Waals surface area contributed by atoms with Crippen LogP contribution < -0.4 is 0 Å². The van der Waals surface area contributed by atoms with E-state index in [0.717, 1.165) is 78.7 Å². The highest BCUT2D eigenvalue weighted by Crippen LogP contribution is 2.42. The standard InChI is InChI=1S/C22H27ClN4O2S.C22H23ClO3S/c23-19-13-20(29)18(9-2-5-14-4-1-6-15(28)12-14)17(19)8-3-7-16-10-11-21(30-16)22-24-26-27-25-22;23-19-14-20(24)18(11-4-8-15-6-2-1-3-7-15)17(19)10-5-9-16-12-13-21(27-16)22(25)26/h1,4,6,10-12,17-20,28-29H,2-3,5,7-9,13H2,(H,24,25,26,27);1-3,6-8,11-13,17-20,24H,5,9-10,14H2,(H,25,26)/t17-,18-,19-,20-;4?,17-,18-,19-,20-/m11/s1. The lowest BCUT2D eigenvalue weighted by atomic mass is 9.85. The number of carboxylic acid groups (broad SMARTS) is 1.